The van der Waals surface area contributed by atoms with Crippen LogP contribution in [0.4, 0.5) is 5.69 Å². The maximum atomic E-state index is 14.0. The van der Waals surface area contributed by atoms with Gasteiger partial charge in [-0.1, -0.05) is 76.6 Å². The van der Waals surface area contributed by atoms with Crippen LogP contribution in [0.25, 0.3) is 0 Å². The first kappa shape index (κ1) is 19.4. The number of amides is 2. The number of nitrogens with zero attached hydrogens (tertiary/aromatic N) is 1. The molecule has 32 heavy (non-hydrogen) atoms. The molecule has 1 fully saturated rings. The molecule has 1 heterocycles. The van der Waals surface area contributed by atoms with Gasteiger partial charge in [-0.25, -0.2) is 9.69 Å². The normalized spacial score (nSPS) is 27.1. The first-order chi connectivity index (χ1) is 15.5. The van der Waals surface area contributed by atoms with Crippen LogP contribution in [-0.2, 0) is 18.7 Å². The molecule has 0 spiro atoms. The van der Waals surface area contributed by atoms with E-state index in [2.05, 4.69) is 15.9 Å². The van der Waals surface area contributed by atoms with Crippen LogP contribution >= 0.6 is 15.9 Å². The maximum absolute atomic E-state index is 14.0. The van der Waals surface area contributed by atoms with Crippen molar-refractivity contribution < 1.29 is 19.1 Å². The van der Waals surface area contributed by atoms with E-state index in [9.17, 15) is 14.4 Å². The Balaban J connectivity index is 1.60. The molecule has 0 radical (unpaired) electrons. The van der Waals surface area contributed by atoms with Gasteiger partial charge < -0.3 is 4.74 Å². The number of hydrogen-bond donors (Lipinski definition) is 0. The van der Waals surface area contributed by atoms with Gasteiger partial charge in [-0.05, 0) is 34.4 Å². The maximum Gasteiger partial charge on any atom is 0.339 e. The standard InChI is InChI=1S/C26H18BrNO4/c1-32-25(31)16-10-4-7-13-19(16)28-23(29)21-20-14-8-2-5-11-17(14)26(27,22(21)24(28)30)18-12-6-3-9-15(18)20/h2-13,20-22H,1H3. The second kappa shape index (κ2) is 6.62. The van der Waals surface area contributed by atoms with Crippen molar-refractivity contribution in [2.24, 2.45) is 11.8 Å². The minimum atomic E-state index is -0.818. The lowest BCUT2D eigenvalue weighted by molar-refractivity contribution is -0.122. The number of carbonyl (C=O) groups is 3. The topological polar surface area (TPSA) is 63.7 Å². The Morgan fingerprint density at radius 1 is 0.875 bits per heavy atom. The van der Waals surface area contributed by atoms with Crippen molar-refractivity contribution in [1.82, 2.24) is 0 Å². The molecule has 3 aromatic carbocycles. The van der Waals surface area contributed by atoms with Crippen LogP contribution in [0.1, 0.15) is 38.5 Å². The van der Waals surface area contributed by atoms with Crippen molar-refractivity contribution in [1.29, 1.82) is 0 Å². The molecule has 0 saturated carbocycles. The number of anilines is 1. The zero-order valence-electron chi connectivity index (χ0n) is 17.1. The fourth-order valence-electron chi connectivity index (χ4n) is 5.87. The van der Waals surface area contributed by atoms with Gasteiger partial charge in [0.15, 0.2) is 0 Å². The first-order valence-corrected chi connectivity index (χ1v) is 11.2. The largest absolute Gasteiger partial charge is 0.465 e. The van der Waals surface area contributed by atoms with E-state index < -0.39 is 22.1 Å². The summed E-state index contributed by atoms with van der Waals surface area (Å²) in [6.45, 7) is 0. The van der Waals surface area contributed by atoms with Gasteiger partial charge in [0, 0.05) is 5.92 Å². The third-order valence-corrected chi connectivity index (χ3v) is 8.41. The number of benzene rings is 3. The molecule has 3 aliphatic carbocycles. The van der Waals surface area contributed by atoms with Gasteiger partial charge in [0.05, 0.1) is 34.5 Å². The first-order valence-electron chi connectivity index (χ1n) is 10.4. The van der Waals surface area contributed by atoms with Crippen LogP contribution in [0.15, 0.2) is 72.8 Å². The van der Waals surface area contributed by atoms with Crippen molar-refractivity contribution in [2.45, 2.75) is 10.2 Å². The molecule has 0 N–H and O–H groups in total. The molecule has 7 rings (SSSR count). The molecule has 6 heteroatoms. The van der Waals surface area contributed by atoms with E-state index in [1.54, 1.807) is 24.3 Å². The Morgan fingerprint density at radius 2 is 1.44 bits per heavy atom. The summed E-state index contributed by atoms with van der Waals surface area (Å²) in [4.78, 5) is 41.4. The van der Waals surface area contributed by atoms with Gasteiger partial charge in [0.2, 0.25) is 11.8 Å². The average molecular weight is 488 g/mol. The number of carbonyl (C=O) groups excluding carboxylic acids is 3. The summed E-state index contributed by atoms with van der Waals surface area (Å²) < 4.78 is 4.09. The summed E-state index contributed by atoms with van der Waals surface area (Å²) in [6, 6.07) is 22.6. The molecule has 0 aromatic heterocycles. The Morgan fingerprint density at radius 3 is 2.06 bits per heavy atom. The number of rotatable bonds is 2. The Kier molecular flexibility index (Phi) is 4.02. The molecule has 4 aliphatic rings. The lowest BCUT2D eigenvalue weighted by Crippen LogP contribution is -2.50. The minimum absolute atomic E-state index is 0.196. The molecule has 2 amide bonds. The number of hydrogen-bond acceptors (Lipinski definition) is 4. The van der Waals surface area contributed by atoms with Crippen LogP contribution in [0, 0.1) is 11.8 Å². The van der Waals surface area contributed by atoms with Crippen LogP contribution in [0.2, 0.25) is 0 Å². The summed E-state index contributed by atoms with van der Waals surface area (Å²) in [7, 11) is 1.29. The van der Waals surface area contributed by atoms with Crippen LogP contribution in [0.3, 0.4) is 0 Å². The Labute approximate surface area is 193 Å². The SMILES string of the molecule is COC(=O)c1ccccc1N1C(=O)C2C3c4ccccc4C(Br)(c4ccccc43)C2C1=O. The lowest BCUT2D eigenvalue weighted by atomic mass is 9.55. The molecule has 3 aromatic rings. The van der Waals surface area contributed by atoms with Gasteiger partial charge in [-0.2, -0.15) is 0 Å². The van der Waals surface area contributed by atoms with Crippen molar-refractivity contribution in [3.63, 3.8) is 0 Å². The van der Waals surface area contributed by atoms with Gasteiger partial charge in [0.25, 0.3) is 0 Å². The van der Waals surface area contributed by atoms with E-state index in [4.69, 9.17) is 4.74 Å². The van der Waals surface area contributed by atoms with Gasteiger partial charge in [-0.15, -0.1) is 0 Å². The zero-order chi connectivity index (χ0) is 22.2. The number of halogens is 1. The zero-order valence-corrected chi connectivity index (χ0v) is 18.7. The van der Waals surface area contributed by atoms with Gasteiger partial charge >= 0.3 is 5.97 Å². The number of imide groups is 1. The van der Waals surface area contributed by atoms with E-state index in [-0.39, 0.29) is 29.0 Å². The van der Waals surface area contributed by atoms with Crippen LogP contribution < -0.4 is 4.90 Å². The van der Waals surface area contributed by atoms with Gasteiger partial charge in [0.1, 0.15) is 0 Å². The minimum Gasteiger partial charge on any atom is -0.465 e. The highest BCUT2D eigenvalue weighted by atomic mass is 79.9. The molecular formula is C26H18BrNO4. The second-order valence-electron chi connectivity index (χ2n) is 8.39. The number of alkyl halides is 1. The van der Waals surface area contributed by atoms with E-state index in [0.29, 0.717) is 0 Å². The molecule has 2 unspecified atom stereocenters. The number of esters is 1. The molecule has 1 saturated heterocycles. The van der Waals surface area contributed by atoms with Crippen molar-refractivity contribution in [3.05, 3.63) is 101 Å². The predicted molar refractivity (Wildman–Crippen MR) is 122 cm³/mol. The molecule has 2 bridgehead atoms. The molecule has 2 atom stereocenters. The van der Waals surface area contributed by atoms with Gasteiger partial charge in [-0.3, -0.25) is 9.59 Å². The summed E-state index contributed by atoms with van der Waals surface area (Å²) in [5.41, 5.74) is 4.64. The highest BCUT2D eigenvalue weighted by molar-refractivity contribution is 9.09. The van der Waals surface area contributed by atoms with E-state index >= 15 is 0 Å². The highest BCUT2D eigenvalue weighted by Gasteiger charge is 2.67. The highest BCUT2D eigenvalue weighted by Crippen LogP contribution is 2.66. The molecular weight excluding hydrogens is 470 g/mol. The second-order valence-corrected chi connectivity index (χ2v) is 9.64. The summed E-state index contributed by atoms with van der Waals surface area (Å²) in [5, 5.41) is 0. The molecule has 158 valence electrons. The molecule has 5 nitrogen and oxygen atoms in total. The van der Waals surface area contributed by atoms with Crippen molar-refractivity contribution in [2.75, 3.05) is 12.0 Å². The van der Waals surface area contributed by atoms with E-state index in [1.807, 2.05) is 48.5 Å². The number of ether oxygens (including phenoxy) is 1. The Hall–Kier alpha value is -3.25. The number of methoxy groups -OCH3 is 1. The predicted octanol–water partition coefficient (Wildman–Crippen LogP) is 4.38. The quantitative estimate of drug-likeness (QED) is 0.305. The van der Waals surface area contributed by atoms with Crippen molar-refractivity contribution >= 4 is 39.4 Å². The van der Waals surface area contributed by atoms with Crippen LogP contribution in [-0.4, -0.2) is 24.9 Å². The third-order valence-electron chi connectivity index (χ3n) is 7.06. The van der Waals surface area contributed by atoms with Crippen LogP contribution in [0.5, 0.6) is 0 Å². The van der Waals surface area contributed by atoms with Crippen molar-refractivity contribution in [3.8, 4) is 0 Å². The average Bonchev–Trinajstić information content (AvgIpc) is 3.10. The summed E-state index contributed by atoms with van der Waals surface area (Å²) in [6.07, 6.45) is 0. The summed E-state index contributed by atoms with van der Waals surface area (Å²) in [5.74, 6) is -2.57. The monoisotopic (exact) mass is 487 g/mol. The third kappa shape index (κ3) is 2.20. The van der Waals surface area contributed by atoms with E-state index in [1.165, 1.54) is 12.0 Å². The number of para-hydroxylation sites is 1. The molecule has 1 aliphatic heterocycles. The van der Waals surface area contributed by atoms with E-state index in [0.717, 1.165) is 22.3 Å². The fourth-order valence-corrected chi connectivity index (χ4v) is 7.07. The lowest BCUT2D eigenvalue weighted by Gasteiger charge is -2.51. The smallest absolute Gasteiger partial charge is 0.339 e. The summed E-state index contributed by atoms with van der Waals surface area (Å²) >= 11 is 3.98. The fraction of sp³-hybridized carbons (Fsp3) is 0.192. The Bertz CT molecular complexity index is 1290.